The number of carbonyl (C=O) groups is 2. The summed E-state index contributed by atoms with van der Waals surface area (Å²) in [4.78, 5) is 41.1. The second-order valence-corrected chi connectivity index (χ2v) is 6.51. The van der Waals surface area contributed by atoms with Crippen LogP contribution in [0.5, 0.6) is 17.4 Å². The molecule has 0 saturated heterocycles. The second-order valence-electron chi connectivity index (χ2n) is 6.51. The van der Waals surface area contributed by atoms with Crippen molar-refractivity contribution in [3.63, 3.8) is 0 Å². The lowest BCUT2D eigenvalue weighted by molar-refractivity contribution is 0.0490. The Labute approximate surface area is 182 Å². The predicted octanol–water partition coefficient (Wildman–Crippen LogP) is 4.38. The van der Waals surface area contributed by atoms with Gasteiger partial charge < -0.3 is 18.6 Å². The Morgan fingerprint density at radius 1 is 0.938 bits per heavy atom. The molecule has 8 heteroatoms. The van der Waals surface area contributed by atoms with E-state index in [4.69, 9.17) is 18.6 Å². The lowest BCUT2D eigenvalue weighted by Crippen LogP contribution is -2.12. The Bertz CT molecular complexity index is 1350. The molecule has 0 fully saturated rings. The van der Waals surface area contributed by atoms with Gasteiger partial charge in [-0.15, -0.1) is 0 Å². The van der Waals surface area contributed by atoms with Gasteiger partial charge in [-0.2, -0.15) is 0 Å². The first-order valence-corrected chi connectivity index (χ1v) is 9.70. The molecule has 0 unspecified atom stereocenters. The van der Waals surface area contributed by atoms with Crippen LogP contribution in [0.3, 0.4) is 0 Å². The molecule has 2 aromatic heterocycles. The largest absolute Gasteiger partial charge is 0.460 e. The van der Waals surface area contributed by atoms with Crippen LogP contribution in [0.4, 0.5) is 0 Å². The standard InChI is InChI=1S/C24H17NO7/c1-2-29-24(28)21-14-19(26)17-11-10-16(13-20(17)32-21)31-23(27)18-9-6-12-25-22(18)30-15-7-4-3-5-8-15/h3-14H,2H2,1H3. The van der Waals surface area contributed by atoms with E-state index in [1.807, 2.05) is 6.07 Å². The van der Waals surface area contributed by atoms with E-state index >= 15 is 0 Å². The molecule has 4 rings (SSSR count). The number of esters is 2. The van der Waals surface area contributed by atoms with Crippen LogP contribution in [-0.2, 0) is 4.74 Å². The Morgan fingerprint density at radius 2 is 1.75 bits per heavy atom. The summed E-state index contributed by atoms with van der Waals surface area (Å²) in [5.74, 6) is -1.00. The lowest BCUT2D eigenvalue weighted by atomic mass is 10.2. The number of hydrogen-bond donors (Lipinski definition) is 0. The molecule has 0 saturated carbocycles. The Balaban J connectivity index is 1.62. The summed E-state index contributed by atoms with van der Waals surface area (Å²) in [6, 6.07) is 17.3. The van der Waals surface area contributed by atoms with Gasteiger partial charge in [0.15, 0.2) is 5.43 Å². The van der Waals surface area contributed by atoms with Gasteiger partial charge in [-0.05, 0) is 43.3 Å². The number of nitrogens with zero attached hydrogens (tertiary/aromatic N) is 1. The summed E-state index contributed by atoms with van der Waals surface area (Å²) < 4.78 is 21.5. The fourth-order valence-electron chi connectivity index (χ4n) is 2.89. The van der Waals surface area contributed by atoms with E-state index in [9.17, 15) is 14.4 Å². The Morgan fingerprint density at radius 3 is 2.53 bits per heavy atom. The molecule has 160 valence electrons. The van der Waals surface area contributed by atoms with E-state index in [1.165, 1.54) is 30.5 Å². The van der Waals surface area contributed by atoms with Crippen LogP contribution in [0.2, 0.25) is 0 Å². The third kappa shape index (κ3) is 4.49. The normalized spacial score (nSPS) is 10.5. The SMILES string of the molecule is CCOC(=O)c1cc(=O)c2ccc(OC(=O)c3cccnc3Oc3ccccc3)cc2o1. The van der Waals surface area contributed by atoms with Crippen LogP contribution in [-0.4, -0.2) is 23.5 Å². The zero-order valence-corrected chi connectivity index (χ0v) is 16.9. The molecule has 0 N–H and O–H groups in total. The minimum atomic E-state index is -0.757. The maximum atomic E-state index is 12.8. The number of rotatable bonds is 6. The predicted molar refractivity (Wildman–Crippen MR) is 114 cm³/mol. The number of ether oxygens (including phenoxy) is 3. The molecule has 0 spiro atoms. The second kappa shape index (κ2) is 9.13. The van der Waals surface area contributed by atoms with Crippen molar-refractivity contribution in [3.05, 3.63) is 94.5 Å². The molecule has 2 aromatic carbocycles. The first-order chi connectivity index (χ1) is 15.5. The minimum Gasteiger partial charge on any atom is -0.460 e. The molecule has 0 amide bonds. The number of fused-ring (bicyclic) bond motifs is 1. The van der Waals surface area contributed by atoms with Crippen molar-refractivity contribution in [3.8, 4) is 17.4 Å². The van der Waals surface area contributed by atoms with Crippen LogP contribution in [0.25, 0.3) is 11.0 Å². The van der Waals surface area contributed by atoms with Gasteiger partial charge in [0.05, 0.1) is 12.0 Å². The molecular formula is C24H17NO7. The molecule has 0 radical (unpaired) electrons. The summed E-state index contributed by atoms with van der Waals surface area (Å²) >= 11 is 0. The first kappa shape index (κ1) is 20.8. The van der Waals surface area contributed by atoms with Gasteiger partial charge in [0.25, 0.3) is 0 Å². The maximum Gasteiger partial charge on any atom is 0.374 e. The van der Waals surface area contributed by atoms with E-state index in [-0.39, 0.29) is 40.5 Å². The van der Waals surface area contributed by atoms with Crippen molar-refractivity contribution in [2.75, 3.05) is 6.61 Å². The number of hydrogen-bond acceptors (Lipinski definition) is 8. The third-order valence-electron chi connectivity index (χ3n) is 4.34. The summed E-state index contributed by atoms with van der Waals surface area (Å²) in [7, 11) is 0. The van der Waals surface area contributed by atoms with Gasteiger partial charge in [0.1, 0.15) is 22.6 Å². The van der Waals surface area contributed by atoms with Crippen molar-refractivity contribution in [1.82, 2.24) is 4.98 Å². The van der Waals surface area contributed by atoms with Crippen LogP contribution >= 0.6 is 0 Å². The van der Waals surface area contributed by atoms with E-state index in [0.29, 0.717) is 5.75 Å². The van der Waals surface area contributed by atoms with Crippen molar-refractivity contribution >= 4 is 22.9 Å². The average molecular weight is 431 g/mol. The minimum absolute atomic E-state index is 0.0813. The molecule has 0 aliphatic heterocycles. The summed E-state index contributed by atoms with van der Waals surface area (Å²) in [6.45, 7) is 1.78. The Kier molecular flexibility index (Phi) is 5.94. The fourth-order valence-corrected chi connectivity index (χ4v) is 2.89. The average Bonchev–Trinajstić information content (AvgIpc) is 2.80. The van der Waals surface area contributed by atoms with Gasteiger partial charge in [0, 0.05) is 18.3 Å². The zero-order chi connectivity index (χ0) is 22.5. The van der Waals surface area contributed by atoms with E-state index in [1.54, 1.807) is 37.3 Å². The highest BCUT2D eigenvalue weighted by Crippen LogP contribution is 2.25. The van der Waals surface area contributed by atoms with Crippen LogP contribution in [0.15, 0.2) is 82.1 Å². The number of pyridine rings is 1. The quantitative estimate of drug-likeness (QED) is 0.327. The zero-order valence-electron chi connectivity index (χ0n) is 16.9. The summed E-state index contributed by atoms with van der Waals surface area (Å²) in [5.41, 5.74) is -0.228. The number of aromatic nitrogens is 1. The van der Waals surface area contributed by atoms with E-state index in [0.717, 1.165) is 6.07 Å². The molecule has 2 heterocycles. The maximum absolute atomic E-state index is 12.8. The van der Waals surface area contributed by atoms with Crippen LogP contribution in [0.1, 0.15) is 27.8 Å². The monoisotopic (exact) mass is 431 g/mol. The lowest BCUT2D eigenvalue weighted by Gasteiger charge is -2.10. The van der Waals surface area contributed by atoms with Crippen molar-refractivity contribution < 1.29 is 28.2 Å². The smallest absolute Gasteiger partial charge is 0.374 e. The van der Waals surface area contributed by atoms with Gasteiger partial charge >= 0.3 is 11.9 Å². The molecule has 0 aliphatic carbocycles. The Hall–Kier alpha value is -4.46. The van der Waals surface area contributed by atoms with Gasteiger partial charge in [-0.1, -0.05) is 18.2 Å². The molecular weight excluding hydrogens is 414 g/mol. The van der Waals surface area contributed by atoms with Crippen molar-refractivity contribution in [1.29, 1.82) is 0 Å². The number of carbonyl (C=O) groups excluding carboxylic acids is 2. The highest BCUT2D eigenvalue weighted by atomic mass is 16.5. The fraction of sp³-hybridized carbons (Fsp3) is 0.0833. The van der Waals surface area contributed by atoms with Crippen LogP contribution in [0, 0.1) is 0 Å². The summed E-state index contributed by atoms with van der Waals surface area (Å²) in [6.07, 6.45) is 1.50. The van der Waals surface area contributed by atoms with Crippen molar-refractivity contribution in [2.24, 2.45) is 0 Å². The molecule has 4 aromatic rings. The molecule has 0 aliphatic rings. The first-order valence-electron chi connectivity index (χ1n) is 9.70. The summed E-state index contributed by atoms with van der Waals surface area (Å²) in [5, 5.41) is 0.229. The third-order valence-corrected chi connectivity index (χ3v) is 4.34. The van der Waals surface area contributed by atoms with E-state index < -0.39 is 17.4 Å². The number of benzene rings is 2. The van der Waals surface area contributed by atoms with Crippen LogP contribution < -0.4 is 14.9 Å². The van der Waals surface area contributed by atoms with Crippen molar-refractivity contribution in [2.45, 2.75) is 6.92 Å². The highest BCUT2D eigenvalue weighted by Gasteiger charge is 2.18. The van der Waals surface area contributed by atoms with Gasteiger partial charge in [0.2, 0.25) is 11.6 Å². The molecule has 0 atom stereocenters. The topological polar surface area (TPSA) is 105 Å². The molecule has 8 nitrogen and oxygen atoms in total. The number of para-hydroxylation sites is 1. The van der Waals surface area contributed by atoms with E-state index in [2.05, 4.69) is 4.98 Å². The van der Waals surface area contributed by atoms with Gasteiger partial charge in [-0.3, -0.25) is 4.79 Å². The highest BCUT2D eigenvalue weighted by molar-refractivity contribution is 5.94. The van der Waals surface area contributed by atoms with Gasteiger partial charge in [-0.25, -0.2) is 14.6 Å². The molecule has 32 heavy (non-hydrogen) atoms. The molecule has 0 bridgehead atoms.